The van der Waals surface area contributed by atoms with Crippen molar-refractivity contribution in [3.05, 3.63) is 101 Å². The van der Waals surface area contributed by atoms with E-state index in [1.54, 1.807) is 44.2 Å². The van der Waals surface area contributed by atoms with Crippen LogP contribution >= 0.6 is 0 Å². The predicted molar refractivity (Wildman–Crippen MR) is 126 cm³/mol. The zero-order chi connectivity index (χ0) is 23.0. The van der Waals surface area contributed by atoms with E-state index in [1.807, 2.05) is 48.5 Å². The zero-order valence-corrected chi connectivity index (χ0v) is 19.1. The first-order valence-corrected chi connectivity index (χ1v) is 12.1. The highest BCUT2D eigenvalue weighted by Crippen LogP contribution is 2.16. The first kappa shape index (κ1) is 23.5. The van der Waals surface area contributed by atoms with Crippen molar-refractivity contribution >= 4 is 15.9 Å². The molecule has 0 atom stereocenters. The van der Waals surface area contributed by atoms with Crippen molar-refractivity contribution in [1.82, 2.24) is 10.0 Å². The number of carbonyl (C=O) groups excluding carboxylic acids is 1. The minimum atomic E-state index is -3.37. The van der Waals surface area contributed by atoms with Crippen LogP contribution in [-0.4, -0.2) is 20.4 Å². The summed E-state index contributed by atoms with van der Waals surface area (Å²) in [4.78, 5) is 12.5. The van der Waals surface area contributed by atoms with Gasteiger partial charge in [-0.3, -0.25) is 4.79 Å². The molecule has 0 radical (unpaired) electrons. The number of benzene rings is 3. The molecule has 0 saturated carbocycles. The Bertz CT molecular complexity index is 1130. The van der Waals surface area contributed by atoms with Gasteiger partial charge in [-0.25, -0.2) is 13.1 Å². The summed E-state index contributed by atoms with van der Waals surface area (Å²) in [6, 6.07) is 23.9. The summed E-state index contributed by atoms with van der Waals surface area (Å²) >= 11 is 0. The normalized spacial score (nSPS) is 11.3. The van der Waals surface area contributed by atoms with Crippen LogP contribution in [0.25, 0.3) is 0 Å². The summed E-state index contributed by atoms with van der Waals surface area (Å²) in [5.74, 6) is 0.346. The molecule has 0 bridgehead atoms. The van der Waals surface area contributed by atoms with Crippen LogP contribution in [0.3, 0.4) is 0 Å². The van der Waals surface area contributed by atoms with Crippen molar-refractivity contribution < 1.29 is 17.9 Å². The molecule has 0 aliphatic rings. The fraction of sp³-hybridized carbons (Fsp3) is 0.240. The maximum Gasteiger partial charge on any atom is 0.251 e. The molecule has 2 N–H and O–H groups in total. The second-order valence-corrected chi connectivity index (χ2v) is 9.59. The average Bonchev–Trinajstić information content (AvgIpc) is 2.77. The lowest BCUT2D eigenvalue weighted by Gasteiger charge is -2.11. The molecule has 0 aromatic heterocycles. The second kappa shape index (κ2) is 10.9. The molecule has 0 aliphatic carbocycles. The van der Waals surface area contributed by atoms with Gasteiger partial charge in [0.25, 0.3) is 5.91 Å². The number of ether oxygens (including phenoxy) is 1. The number of sulfonamides is 1. The average molecular weight is 453 g/mol. The fourth-order valence-corrected chi connectivity index (χ4v) is 4.56. The Morgan fingerprint density at radius 1 is 0.875 bits per heavy atom. The van der Waals surface area contributed by atoms with E-state index in [-0.39, 0.29) is 17.7 Å². The summed E-state index contributed by atoms with van der Waals surface area (Å²) in [5, 5.41) is 2.88. The lowest BCUT2D eigenvalue weighted by atomic mass is 10.1. The Labute approximate surface area is 189 Å². The van der Waals surface area contributed by atoms with Crippen LogP contribution in [-0.2, 0) is 28.9 Å². The molecule has 3 rings (SSSR count). The van der Waals surface area contributed by atoms with Gasteiger partial charge in [-0.2, -0.15) is 0 Å². The molecule has 7 heteroatoms. The molecule has 3 aromatic rings. The maximum absolute atomic E-state index is 12.5. The molecule has 6 nitrogen and oxygen atoms in total. The minimum Gasteiger partial charge on any atom is -0.489 e. The van der Waals surface area contributed by atoms with E-state index >= 15 is 0 Å². The Balaban J connectivity index is 1.53. The van der Waals surface area contributed by atoms with E-state index in [0.717, 1.165) is 11.1 Å². The number of nitrogens with one attached hydrogen (secondary N) is 2. The molecule has 3 aromatic carbocycles. The molecular weight excluding hydrogens is 424 g/mol. The number of amides is 1. The molecule has 0 spiro atoms. The minimum absolute atomic E-state index is 0.0758. The lowest BCUT2D eigenvalue weighted by molar-refractivity contribution is 0.0950. The van der Waals surface area contributed by atoms with E-state index < -0.39 is 10.0 Å². The van der Waals surface area contributed by atoms with Gasteiger partial charge < -0.3 is 10.1 Å². The molecule has 0 unspecified atom stereocenters. The van der Waals surface area contributed by atoms with Gasteiger partial charge in [0.2, 0.25) is 10.0 Å². The summed E-state index contributed by atoms with van der Waals surface area (Å²) < 4.78 is 32.4. The number of rotatable bonds is 10. The van der Waals surface area contributed by atoms with Gasteiger partial charge in [0.05, 0.1) is 5.75 Å². The number of hydrogen-bond acceptors (Lipinski definition) is 4. The summed E-state index contributed by atoms with van der Waals surface area (Å²) in [6.45, 7) is 4.34. The number of carbonyl (C=O) groups is 1. The van der Waals surface area contributed by atoms with Gasteiger partial charge in [-0.15, -0.1) is 0 Å². The fourth-order valence-electron chi connectivity index (χ4n) is 3.13. The molecule has 0 fully saturated rings. The van der Waals surface area contributed by atoms with Gasteiger partial charge in [0.15, 0.2) is 0 Å². The van der Waals surface area contributed by atoms with Gasteiger partial charge in [0.1, 0.15) is 12.4 Å². The molecule has 0 saturated heterocycles. The van der Waals surface area contributed by atoms with Crippen LogP contribution in [0.5, 0.6) is 5.75 Å². The standard InChI is InChI=1S/C25H28N2O4S/c1-19(2)27-32(29,30)18-22-13-11-20(12-14-22)16-26-25(28)23-9-6-10-24(15-23)31-17-21-7-4-3-5-8-21/h3-15,19,27H,16-18H2,1-2H3,(H,26,28). The third kappa shape index (κ3) is 7.51. The summed E-state index contributed by atoms with van der Waals surface area (Å²) in [5.41, 5.74) is 3.14. The topological polar surface area (TPSA) is 84.5 Å². The molecule has 32 heavy (non-hydrogen) atoms. The predicted octanol–water partition coefficient (Wildman–Crippen LogP) is 4.02. The van der Waals surface area contributed by atoms with E-state index in [4.69, 9.17) is 4.74 Å². The molecule has 0 aliphatic heterocycles. The SMILES string of the molecule is CC(C)NS(=O)(=O)Cc1ccc(CNC(=O)c2cccc(OCc3ccccc3)c2)cc1. The van der Waals surface area contributed by atoms with E-state index in [0.29, 0.717) is 30.0 Å². The Kier molecular flexibility index (Phi) is 8.03. The van der Waals surface area contributed by atoms with E-state index in [2.05, 4.69) is 10.0 Å². The van der Waals surface area contributed by atoms with Crippen molar-refractivity contribution in [3.8, 4) is 5.75 Å². The molecular formula is C25H28N2O4S. The monoisotopic (exact) mass is 452 g/mol. The third-order valence-corrected chi connectivity index (χ3v) is 6.14. The quantitative estimate of drug-likeness (QED) is 0.487. The van der Waals surface area contributed by atoms with Crippen molar-refractivity contribution in [1.29, 1.82) is 0 Å². The van der Waals surface area contributed by atoms with Crippen LogP contribution in [0.2, 0.25) is 0 Å². The Morgan fingerprint density at radius 2 is 1.56 bits per heavy atom. The first-order valence-electron chi connectivity index (χ1n) is 10.4. The van der Waals surface area contributed by atoms with Gasteiger partial charge in [-0.1, -0.05) is 60.7 Å². The van der Waals surface area contributed by atoms with Crippen LogP contribution in [0.15, 0.2) is 78.9 Å². The highest BCUT2D eigenvalue weighted by Gasteiger charge is 2.13. The Hall–Kier alpha value is -3.16. The van der Waals surface area contributed by atoms with Crippen LogP contribution in [0.1, 0.15) is 40.9 Å². The molecule has 1 amide bonds. The van der Waals surface area contributed by atoms with Crippen LogP contribution < -0.4 is 14.8 Å². The highest BCUT2D eigenvalue weighted by atomic mass is 32.2. The van der Waals surface area contributed by atoms with Crippen molar-refractivity contribution in [2.45, 2.75) is 38.8 Å². The first-order chi connectivity index (χ1) is 15.3. The smallest absolute Gasteiger partial charge is 0.251 e. The van der Waals surface area contributed by atoms with Crippen molar-refractivity contribution in [2.24, 2.45) is 0 Å². The lowest BCUT2D eigenvalue weighted by Crippen LogP contribution is -2.31. The largest absolute Gasteiger partial charge is 0.489 e. The zero-order valence-electron chi connectivity index (χ0n) is 18.2. The van der Waals surface area contributed by atoms with E-state index in [9.17, 15) is 13.2 Å². The van der Waals surface area contributed by atoms with Gasteiger partial charge in [0, 0.05) is 18.2 Å². The van der Waals surface area contributed by atoms with Crippen LogP contribution in [0, 0.1) is 0 Å². The summed E-state index contributed by atoms with van der Waals surface area (Å²) in [7, 11) is -3.37. The van der Waals surface area contributed by atoms with Crippen molar-refractivity contribution in [3.63, 3.8) is 0 Å². The van der Waals surface area contributed by atoms with Gasteiger partial charge >= 0.3 is 0 Å². The summed E-state index contributed by atoms with van der Waals surface area (Å²) in [6.07, 6.45) is 0. The number of hydrogen-bond donors (Lipinski definition) is 2. The highest BCUT2D eigenvalue weighted by molar-refractivity contribution is 7.88. The molecule has 168 valence electrons. The third-order valence-electron chi connectivity index (χ3n) is 4.59. The van der Waals surface area contributed by atoms with Gasteiger partial charge in [-0.05, 0) is 48.7 Å². The van der Waals surface area contributed by atoms with Crippen molar-refractivity contribution in [2.75, 3.05) is 0 Å². The molecule has 0 heterocycles. The Morgan fingerprint density at radius 3 is 2.25 bits per heavy atom. The second-order valence-electron chi connectivity index (χ2n) is 7.83. The van der Waals surface area contributed by atoms with Crippen LogP contribution in [0.4, 0.5) is 0 Å². The van der Waals surface area contributed by atoms with E-state index in [1.165, 1.54) is 0 Å². The maximum atomic E-state index is 12.5.